The van der Waals surface area contributed by atoms with Gasteiger partial charge in [0.15, 0.2) is 0 Å². The second-order valence-corrected chi connectivity index (χ2v) is 6.46. The van der Waals surface area contributed by atoms with Gasteiger partial charge in [-0.05, 0) is 40.5 Å². The first-order valence-corrected chi connectivity index (χ1v) is 6.99. The monoisotopic (exact) mass is 280 g/mol. The van der Waals surface area contributed by atoms with Crippen LogP contribution in [0.25, 0.3) is 0 Å². The van der Waals surface area contributed by atoms with Gasteiger partial charge in [0, 0.05) is 25.3 Å². The van der Waals surface area contributed by atoms with Gasteiger partial charge in [-0.3, -0.25) is 4.68 Å². The Morgan fingerprint density at radius 2 is 2.05 bits per heavy atom. The normalized spacial score (nSPS) is 22.1. The molecule has 1 aromatic heterocycles. The summed E-state index contributed by atoms with van der Waals surface area (Å²) in [6, 6.07) is 0.581. The zero-order valence-corrected chi connectivity index (χ0v) is 12.9. The molecule has 0 saturated heterocycles. The van der Waals surface area contributed by atoms with Crippen LogP contribution in [0.1, 0.15) is 39.3 Å². The fourth-order valence-corrected chi connectivity index (χ4v) is 2.29. The van der Waals surface area contributed by atoms with Gasteiger partial charge in [0.25, 0.3) is 0 Å². The Bertz CT molecular complexity index is 484. The molecule has 1 fully saturated rings. The van der Waals surface area contributed by atoms with E-state index in [1.807, 2.05) is 40.9 Å². The summed E-state index contributed by atoms with van der Waals surface area (Å²) in [4.78, 5) is 11.6. The highest BCUT2D eigenvalue weighted by molar-refractivity contribution is 5.68. The van der Waals surface area contributed by atoms with Crippen LogP contribution < -0.4 is 10.6 Å². The summed E-state index contributed by atoms with van der Waals surface area (Å²) in [6.45, 7) is 7.58. The molecule has 112 valence electrons. The van der Waals surface area contributed by atoms with Crippen LogP contribution in [0.3, 0.4) is 0 Å². The van der Waals surface area contributed by atoms with E-state index in [-0.39, 0.29) is 12.1 Å². The summed E-state index contributed by atoms with van der Waals surface area (Å²) >= 11 is 0. The van der Waals surface area contributed by atoms with Gasteiger partial charge in [0.05, 0.1) is 11.4 Å². The Balaban J connectivity index is 1.72. The van der Waals surface area contributed by atoms with Crippen LogP contribution in [0.5, 0.6) is 0 Å². The minimum absolute atomic E-state index is 0.194. The van der Waals surface area contributed by atoms with Gasteiger partial charge in [-0.25, -0.2) is 4.79 Å². The minimum Gasteiger partial charge on any atom is -0.444 e. The zero-order valence-electron chi connectivity index (χ0n) is 12.9. The lowest BCUT2D eigenvalue weighted by Gasteiger charge is -2.37. The number of nitrogens with zero attached hydrogens (tertiary/aromatic N) is 2. The summed E-state index contributed by atoms with van der Waals surface area (Å²) in [5, 5.41) is 10.6. The maximum Gasteiger partial charge on any atom is 0.407 e. The highest BCUT2D eigenvalue weighted by Gasteiger charge is 2.32. The highest BCUT2D eigenvalue weighted by atomic mass is 16.6. The smallest absolute Gasteiger partial charge is 0.407 e. The molecule has 0 bridgehead atoms. The molecule has 1 saturated carbocycles. The zero-order chi connectivity index (χ0) is 14.9. The maximum absolute atomic E-state index is 11.6. The van der Waals surface area contributed by atoms with Crippen molar-refractivity contribution in [1.82, 2.24) is 15.1 Å². The van der Waals surface area contributed by atoms with E-state index in [0.717, 1.165) is 24.2 Å². The van der Waals surface area contributed by atoms with Gasteiger partial charge in [0.1, 0.15) is 5.60 Å². The summed E-state index contributed by atoms with van der Waals surface area (Å²) < 4.78 is 7.03. The van der Waals surface area contributed by atoms with Gasteiger partial charge in [-0.15, -0.1) is 0 Å². The van der Waals surface area contributed by atoms with Gasteiger partial charge >= 0.3 is 6.09 Å². The molecule has 0 spiro atoms. The van der Waals surface area contributed by atoms with Crippen LogP contribution in [0.4, 0.5) is 10.5 Å². The van der Waals surface area contributed by atoms with Crippen molar-refractivity contribution in [2.24, 2.45) is 7.05 Å². The Morgan fingerprint density at radius 1 is 1.40 bits per heavy atom. The summed E-state index contributed by atoms with van der Waals surface area (Å²) in [5.41, 5.74) is 1.61. The largest absolute Gasteiger partial charge is 0.444 e. The molecule has 0 radical (unpaired) electrons. The number of hydrogen-bond acceptors (Lipinski definition) is 4. The van der Waals surface area contributed by atoms with E-state index in [1.165, 1.54) is 0 Å². The first-order chi connectivity index (χ1) is 9.23. The van der Waals surface area contributed by atoms with Gasteiger partial charge in [-0.2, -0.15) is 5.10 Å². The average Bonchev–Trinajstić information content (AvgIpc) is 2.51. The molecule has 1 aliphatic carbocycles. The Kier molecular flexibility index (Phi) is 3.92. The second-order valence-electron chi connectivity index (χ2n) is 6.46. The molecular formula is C14H24N4O2. The fourth-order valence-electron chi connectivity index (χ4n) is 2.29. The molecule has 6 heteroatoms. The first kappa shape index (κ1) is 14.7. The maximum atomic E-state index is 11.6. The number of hydrogen-bond donors (Lipinski definition) is 2. The standard InChI is InChI=1S/C14H24N4O2/c1-9-12(8-18(5)17-9)15-10-6-11(7-10)16-13(19)20-14(2,3)4/h8,10-11,15H,6-7H2,1-5H3,(H,16,19). The van der Waals surface area contributed by atoms with Crippen molar-refractivity contribution in [3.8, 4) is 0 Å². The summed E-state index contributed by atoms with van der Waals surface area (Å²) in [7, 11) is 1.91. The Labute approximate surface area is 119 Å². The molecule has 0 aromatic carbocycles. The molecule has 20 heavy (non-hydrogen) atoms. The lowest BCUT2D eigenvalue weighted by molar-refractivity contribution is 0.0475. The van der Waals surface area contributed by atoms with Crippen LogP contribution in [-0.2, 0) is 11.8 Å². The van der Waals surface area contributed by atoms with E-state index >= 15 is 0 Å². The number of rotatable bonds is 3. The molecular weight excluding hydrogens is 256 g/mol. The van der Waals surface area contributed by atoms with E-state index in [4.69, 9.17) is 4.74 Å². The molecule has 0 aliphatic heterocycles. The molecule has 2 N–H and O–H groups in total. The van der Waals surface area contributed by atoms with Crippen LogP contribution >= 0.6 is 0 Å². The number of carbonyl (C=O) groups excluding carboxylic acids is 1. The average molecular weight is 280 g/mol. The lowest BCUT2D eigenvalue weighted by atomic mass is 9.86. The van der Waals surface area contributed by atoms with Crippen LogP contribution in [-0.4, -0.2) is 33.6 Å². The van der Waals surface area contributed by atoms with Crippen molar-refractivity contribution in [2.45, 2.75) is 58.2 Å². The Hall–Kier alpha value is -1.72. The van der Waals surface area contributed by atoms with Crippen molar-refractivity contribution in [2.75, 3.05) is 5.32 Å². The van der Waals surface area contributed by atoms with Crippen molar-refractivity contribution < 1.29 is 9.53 Å². The second kappa shape index (κ2) is 5.34. The molecule has 1 heterocycles. The first-order valence-electron chi connectivity index (χ1n) is 6.99. The van der Waals surface area contributed by atoms with E-state index in [2.05, 4.69) is 15.7 Å². The number of carbonyl (C=O) groups is 1. The quantitative estimate of drug-likeness (QED) is 0.890. The number of aryl methyl sites for hydroxylation is 2. The third-order valence-corrected chi connectivity index (χ3v) is 3.23. The van der Waals surface area contributed by atoms with Gasteiger partial charge in [-0.1, -0.05) is 0 Å². The third-order valence-electron chi connectivity index (χ3n) is 3.23. The fraction of sp³-hybridized carbons (Fsp3) is 0.714. The van der Waals surface area contributed by atoms with E-state index in [1.54, 1.807) is 4.68 Å². The van der Waals surface area contributed by atoms with E-state index < -0.39 is 5.60 Å². The number of alkyl carbamates (subject to hydrolysis) is 1. The van der Waals surface area contributed by atoms with Gasteiger partial charge in [0.2, 0.25) is 0 Å². The molecule has 0 atom stereocenters. The predicted molar refractivity (Wildman–Crippen MR) is 77.7 cm³/mol. The van der Waals surface area contributed by atoms with Crippen molar-refractivity contribution >= 4 is 11.8 Å². The third kappa shape index (κ3) is 3.88. The molecule has 2 rings (SSSR count). The number of anilines is 1. The molecule has 0 unspecified atom stereocenters. The SMILES string of the molecule is Cc1nn(C)cc1NC1CC(NC(=O)OC(C)(C)C)C1. The van der Waals surface area contributed by atoms with Crippen LogP contribution in [0.2, 0.25) is 0 Å². The van der Waals surface area contributed by atoms with Crippen molar-refractivity contribution in [1.29, 1.82) is 0 Å². The Morgan fingerprint density at radius 3 is 2.55 bits per heavy atom. The van der Waals surface area contributed by atoms with E-state index in [0.29, 0.717) is 6.04 Å². The minimum atomic E-state index is -0.446. The lowest BCUT2D eigenvalue weighted by Crippen LogP contribution is -2.50. The van der Waals surface area contributed by atoms with Gasteiger partial charge < -0.3 is 15.4 Å². The predicted octanol–water partition coefficient (Wildman–Crippen LogP) is 2.20. The molecule has 1 aliphatic rings. The molecule has 1 amide bonds. The van der Waals surface area contributed by atoms with E-state index in [9.17, 15) is 4.79 Å². The van der Waals surface area contributed by atoms with Crippen LogP contribution in [0.15, 0.2) is 6.20 Å². The van der Waals surface area contributed by atoms with Crippen molar-refractivity contribution in [3.05, 3.63) is 11.9 Å². The summed E-state index contributed by atoms with van der Waals surface area (Å²) in [5.74, 6) is 0. The number of ether oxygens (including phenoxy) is 1. The number of aromatic nitrogens is 2. The number of amides is 1. The number of nitrogens with one attached hydrogen (secondary N) is 2. The highest BCUT2D eigenvalue weighted by Crippen LogP contribution is 2.25. The summed E-state index contributed by atoms with van der Waals surface area (Å²) in [6.07, 6.45) is 3.46. The molecule has 6 nitrogen and oxygen atoms in total. The molecule has 1 aromatic rings. The van der Waals surface area contributed by atoms with Crippen molar-refractivity contribution in [3.63, 3.8) is 0 Å². The van der Waals surface area contributed by atoms with Crippen LogP contribution in [0, 0.1) is 6.92 Å². The topological polar surface area (TPSA) is 68.2 Å².